The average molecular weight is 355 g/mol. The molecule has 1 aliphatic heterocycles. The number of aryl methyl sites for hydroxylation is 1. The summed E-state index contributed by atoms with van der Waals surface area (Å²) in [6, 6.07) is 7.49. The lowest BCUT2D eigenvalue weighted by Crippen LogP contribution is -2.45. The smallest absolute Gasteiger partial charge is 0.257 e. The van der Waals surface area contributed by atoms with E-state index in [9.17, 15) is 4.79 Å². The van der Waals surface area contributed by atoms with Crippen LogP contribution >= 0.6 is 24.0 Å². The number of benzene rings is 1. The summed E-state index contributed by atoms with van der Waals surface area (Å²) in [5.41, 5.74) is 7.95. The highest BCUT2D eigenvalue weighted by molar-refractivity contribution is 6.33. The fourth-order valence-corrected chi connectivity index (χ4v) is 3.09. The molecule has 7 heteroatoms. The van der Waals surface area contributed by atoms with E-state index in [4.69, 9.17) is 17.3 Å². The molecule has 1 amide bonds. The number of hydrogen-bond donors (Lipinski definition) is 1. The zero-order chi connectivity index (χ0) is 15.7. The molecule has 1 saturated heterocycles. The zero-order valence-electron chi connectivity index (χ0n) is 12.9. The van der Waals surface area contributed by atoms with Crippen LogP contribution in [0.15, 0.2) is 30.5 Å². The number of piperidine rings is 1. The number of amides is 1. The van der Waals surface area contributed by atoms with Crippen LogP contribution in [0.4, 0.5) is 0 Å². The van der Waals surface area contributed by atoms with Gasteiger partial charge >= 0.3 is 0 Å². The lowest BCUT2D eigenvalue weighted by Gasteiger charge is -2.30. The van der Waals surface area contributed by atoms with Crippen molar-refractivity contribution in [1.82, 2.24) is 14.7 Å². The van der Waals surface area contributed by atoms with E-state index < -0.39 is 0 Å². The van der Waals surface area contributed by atoms with Crippen LogP contribution in [0.1, 0.15) is 23.2 Å². The third-order valence-corrected chi connectivity index (χ3v) is 4.26. The summed E-state index contributed by atoms with van der Waals surface area (Å²) in [6.45, 7) is 1.33. The Balaban J connectivity index is 0.00000192. The van der Waals surface area contributed by atoms with Gasteiger partial charge in [-0.2, -0.15) is 5.10 Å². The first-order valence-electron chi connectivity index (χ1n) is 7.39. The van der Waals surface area contributed by atoms with Gasteiger partial charge in [-0.05, 0) is 18.9 Å². The summed E-state index contributed by atoms with van der Waals surface area (Å²) >= 11 is 6.26. The van der Waals surface area contributed by atoms with E-state index in [2.05, 4.69) is 5.10 Å². The van der Waals surface area contributed by atoms with Crippen LogP contribution < -0.4 is 5.73 Å². The molecule has 2 heterocycles. The van der Waals surface area contributed by atoms with Crippen molar-refractivity contribution in [2.45, 2.75) is 18.9 Å². The Labute approximate surface area is 146 Å². The molecular formula is C16H20Cl2N4O. The number of hydrogen-bond acceptors (Lipinski definition) is 3. The van der Waals surface area contributed by atoms with Crippen molar-refractivity contribution in [3.63, 3.8) is 0 Å². The highest BCUT2D eigenvalue weighted by Gasteiger charge is 2.26. The fourth-order valence-electron chi connectivity index (χ4n) is 2.86. The van der Waals surface area contributed by atoms with Crippen molar-refractivity contribution in [2.24, 2.45) is 12.8 Å². The quantitative estimate of drug-likeness (QED) is 0.901. The minimum absolute atomic E-state index is 0. The van der Waals surface area contributed by atoms with Crippen molar-refractivity contribution < 1.29 is 4.79 Å². The Morgan fingerprint density at radius 2 is 2.13 bits per heavy atom. The van der Waals surface area contributed by atoms with E-state index in [0.717, 1.165) is 24.9 Å². The third-order valence-electron chi connectivity index (χ3n) is 3.93. The normalized spacial score (nSPS) is 17.7. The van der Waals surface area contributed by atoms with Crippen LogP contribution in [0.2, 0.25) is 5.02 Å². The molecule has 0 bridgehead atoms. The number of likely N-dealkylation sites (tertiary alicyclic amines) is 1. The van der Waals surface area contributed by atoms with Crippen molar-refractivity contribution >= 4 is 29.9 Å². The molecule has 5 nitrogen and oxygen atoms in total. The largest absolute Gasteiger partial charge is 0.337 e. The molecule has 1 atom stereocenters. The highest BCUT2D eigenvalue weighted by Crippen LogP contribution is 2.30. The number of carbonyl (C=O) groups is 1. The summed E-state index contributed by atoms with van der Waals surface area (Å²) in [6.07, 6.45) is 3.66. The maximum Gasteiger partial charge on any atom is 0.257 e. The maximum atomic E-state index is 12.8. The first-order chi connectivity index (χ1) is 10.6. The van der Waals surface area contributed by atoms with Gasteiger partial charge in [-0.1, -0.05) is 29.8 Å². The minimum atomic E-state index is -0.0295. The molecule has 1 unspecified atom stereocenters. The van der Waals surface area contributed by atoms with E-state index in [0.29, 0.717) is 22.8 Å². The van der Waals surface area contributed by atoms with Crippen molar-refractivity contribution in [3.8, 4) is 11.3 Å². The number of rotatable bonds is 2. The second-order valence-electron chi connectivity index (χ2n) is 5.70. The van der Waals surface area contributed by atoms with E-state index in [1.54, 1.807) is 24.0 Å². The van der Waals surface area contributed by atoms with Crippen LogP contribution in [-0.2, 0) is 7.05 Å². The van der Waals surface area contributed by atoms with Crippen molar-refractivity contribution in [3.05, 3.63) is 41.0 Å². The molecule has 0 aliphatic carbocycles. The van der Waals surface area contributed by atoms with Crippen LogP contribution in [0, 0.1) is 0 Å². The van der Waals surface area contributed by atoms with Gasteiger partial charge in [0.05, 0.1) is 10.6 Å². The average Bonchev–Trinajstić information content (AvgIpc) is 2.88. The highest BCUT2D eigenvalue weighted by atomic mass is 35.5. The molecule has 0 spiro atoms. The second kappa shape index (κ2) is 7.34. The fraction of sp³-hybridized carbons (Fsp3) is 0.375. The molecule has 2 N–H and O–H groups in total. The SMILES string of the molecule is Cl.Cn1cc(C(=O)N2CCCC(N)C2)c(-c2ccccc2Cl)n1. The first-order valence-corrected chi connectivity index (χ1v) is 7.77. The molecule has 3 rings (SSSR count). The number of nitrogens with two attached hydrogens (primary N) is 1. The van der Waals surface area contributed by atoms with E-state index in [1.807, 2.05) is 23.1 Å². The maximum absolute atomic E-state index is 12.8. The second-order valence-corrected chi connectivity index (χ2v) is 6.11. The molecule has 1 fully saturated rings. The van der Waals surface area contributed by atoms with Crippen LogP contribution in [0.5, 0.6) is 0 Å². The Morgan fingerprint density at radius 1 is 1.39 bits per heavy atom. The number of carbonyl (C=O) groups excluding carboxylic acids is 1. The van der Waals surface area contributed by atoms with E-state index in [-0.39, 0.29) is 24.4 Å². The molecule has 0 radical (unpaired) electrons. The van der Waals surface area contributed by atoms with Crippen molar-refractivity contribution in [1.29, 1.82) is 0 Å². The number of nitrogens with zero attached hydrogens (tertiary/aromatic N) is 3. The summed E-state index contributed by atoms with van der Waals surface area (Å²) in [4.78, 5) is 14.6. The van der Waals surface area contributed by atoms with Gasteiger partial charge in [-0.25, -0.2) is 0 Å². The van der Waals surface area contributed by atoms with Crippen molar-refractivity contribution in [2.75, 3.05) is 13.1 Å². The summed E-state index contributed by atoms with van der Waals surface area (Å²) in [7, 11) is 1.80. The van der Waals surface area contributed by atoms with Gasteiger partial charge in [0.1, 0.15) is 5.69 Å². The summed E-state index contributed by atoms with van der Waals surface area (Å²) < 4.78 is 1.65. The number of aromatic nitrogens is 2. The lowest BCUT2D eigenvalue weighted by atomic mass is 10.0. The molecule has 0 saturated carbocycles. The van der Waals surface area contributed by atoms with Gasteiger partial charge < -0.3 is 10.6 Å². The van der Waals surface area contributed by atoms with Gasteiger partial charge in [0.2, 0.25) is 0 Å². The Kier molecular flexibility index (Phi) is 5.68. The number of halogens is 2. The van der Waals surface area contributed by atoms with E-state index >= 15 is 0 Å². The van der Waals surface area contributed by atoms with Crippen LogP contribution in [0.3, 0.4) is 0 Å². The summed E-state index contributed by atoms with van der Waals surface area (Å²) in [5.74, 6) is -0.0295. The monoisotopic (exact) mass is 354 g/mol. The first kappa shape index (κ1) is 17.8. The molecule has 1 aliphatic rings. The molecule has 2 aromatic rings. The molecule has 1 aromatic heterocycles. The predicted molar refractivity (Wildman–Crippen MR) is 94.0 cm³/mol. The Bertz CT molecular complexity index is 701. The third kappa shape index (κ3) is 3.68. The Hall–Kier alpha value is -1.56. The molecule has 124 valence electrons. The molecular weight excluding hydrogens is 335 g/mol. The van der Waals surface area contributed by atoms with Gasteiger partial charge in [0, 0.05) is 37.9 Å². The van der Waals surface area contributed by atoms with Gasteiger partial charge in [-0.3, -0.25) is 9.48 Å². The summed E-state index contributed by atoms with van der Waals surface area (Å²) in [5, 5.41) is 5.02. The lowest BCUT2D eigenvalue weighted by molar-refractivity contribution is 0.0709. The topological polar surface area (TPSA) is 64.2 Å². The van der Waals surface area contributed by atoms with Gasteiger partial charge in [-0.15, -0.1) is 12.4 Å². The zero-order valence-corrected chi connectivity index (χ0v) is 14.5. The minimum Gasteiger partial charge on any atom is -0.337 e. The molecule has 1 aromatic carbocycles. The van der Waals surface area contributed by atoms with Crippen LogP contribution in [0.25, 0.3) is 11.3 Å². The van der Waals surface area contributed by atoms with E-state index in [1.165, 1.54) is 0 Å². The Morgan fingerprint density at radius 3 is 2.83 bits per heavy atom. The van der Waals surface area contributed by atoms with Gasteiger partial charge in [0.15, 0.2) is 0 Å². The standard InChI is InChI=1S/C16H19ClN4O.ClH/c1-20-10-13(16(22)21-8-4-5-11(18)9-21)15(19-20)12-6-2-3-7-14(12)17;/h2-3,6-7,10-11H,4-5,8-9,18H2,1H3;1H. The molecule has 23 heavy (non-hydrogen) atoms. The van der Waals surface area contributed by atoms with Crippen LogP contribution in [-0.4, -0.2) is 39.7 Å². The van der Waals surface area contributed by atoms with Gasteiger partial charge in [0.25, 0.3) is 5.91 Å². The predicted octanol–water partition coefficient (Wildman–Crippen LogP) is 2.73.